The van der Waals surface area contributed by atoms with Gasteiger partial charge in [-0.25, -0.2) is 0 Å². The number of nitrogens with zero attached hydrogens (tertiary/aromatic N) is 1. The van der Waals surface area contributed by atoms with Crippen LogP contribution in [0.2, 0.25) is 0 Å². The molecular weight excluding hydrogens is 240 g/mol. The van der Waals surface area contributed by atoms with Crippen molar-refractivity contribution in [1.29, 1.82) is 0 Å². The van der Waals surface area contributed by atoms with Crippen LogP contribution in [0.25, 0.3) is 0 Å². The molecule has 1 saturated carbocycles. The lowest BCUT2D eigenvalue weighted by Gasteiger charge is -2.45. The summed E-state index contributed by atoms with van der Waals surface area (Å²) in [6.45, 7) is 7.96. The number of rotatable bonds is 6. The fraction of sp³-hybridized carbons (Fsp3) is 0.733. The first-order valence-electron chi connectivity index (χ1n) is 7.08. The minimum absolute atomic E-state index is 0.553. The van der Waals surface area contributed by atoms with E-state index in [0.29, 0.717) is 12.1 Å². The van der Waals surface area contributed by atoms with Crippen LogP contribution in [0, 0.1) is 5.92 Å². The summed E-state index contributed by atoms with van der Waals surface area (Å²) in [7, 11) is 2.29. The highest BCUT2D eigenvalue weighted by Gasteiger charge is 2.35. The van der Waals surface area contributed by atoms with Crippen LogP contribution < -0.4 is 5.32 Å². The summed E-state index contributed by atoms with van der Waals surface area (Å²) in [5.41, 5.74) is 0. The van der Waals surface area contributed by atoms with Crippen LogP contribution in [-0.4, -0.2) is 30.6 Å². The topological polar surface area (TPSA) is 15.3 Å². The van der Waals surface area contributed by atoms with Crippen molar-refractivity contribution >= 4 is 11.3 Å². The predicted octanol–water partition coefficient (Wildman–Crippen LogP) is 3.52. The van der Waals surface area contributed by atoms with Gasteiger partial charge in [0.15, 0.2) is 0 Å². The molecule has 0 radical (unpaired) electrons. The molecule has 3 heteroatoms. The molecule has 1 aliphatic carbocycles. The van der Waals surface area contributed by atoms with Crippen LogP contribution in [-0.2, 0) is 0 Å². The van der Waals surface area contributed by atoms with Crippen molar-refractivity contribution in [3.05, 3.63) is 22.4 Å². The third kappa shape index (κ3) is 3.14. The second-order valence-electron chi connectivity index (χ2n) is 5.82. The van der Waals surface area contributed by atoms with Crippen molar-refractivity contribution in [3.63, 3.8) is 0 Å². The van der Waals surface area contributed by atoms with Crippen LogP contribution in [0.15, 0.2) is 17.5 Å². The van der Waals surface area contributed by atoms with E-state index in [9.17, 15) is 0 Å². The Morgan fingerprint density at radius 2 is 2.17 bits per heavy atom. The van der Waals surface area contributed by atoms with Gasteiger partial charge in [0, 0.05) is 23.0 Å². The Morgan fingerprint density at radius 3 is 2.67 bits per heavy atom. The van der Waals surface area contributed by atoms with Gasteiger partial charge in [-0.05, 0) is 50.7 Å². The molecule has 0 aliphatic heterocycles. The number of thiophene rings is 1. The fourth-order valence-electron chi connectivity index (χ4n) is 2.73. The molecule has 1 fully saturated rings. The van der Waals surface area contributed by atoms with E-state index in [-0.39, 0.29) is 0 Å². The normalized spacial score (nSPS) is 25.4. The highest BCUT2D eigenvalue weighted by molar-refractivity contribution is 7.10. The highest BCUT2D eigenvalue weighted by Crippen LogP contribution is 2.36. The molecule has 1 aromatic heterocycles. The zero-order valence-corrected chi connectivity index (χ0v) is 12.8. The molecule has 1 heterocycles. The Morgan fingerprint density at radius 1 is 1.39 bits per heavy atom. The maximum absolute atomic E-state index is 3.58. The van der Waals surface area contributed by atoms with Gasteiger partial charge in [-0.15, -0.1) is 11.3 Å². The lowest BCUT2D eigenvalue weighted by Crippen LogP contribution is -2.50. The Hall–Kier alpha value is -0.380. The van der Waals surface area contributed by atoms with Gasteiger partial charge < -0.3 is 5.32 Å². The molecule has 102 valence electrons. The summed E-state index contributed by atoms with van der Waals surface area (Å²) in [4.78, 5) is 4.06. The zero-order chi connectivity index (χ0) is 13.1. The molecule has 2 nitrogen and oxygen atoms in total. The highest BCUT2D eigenvalue weighted by atomic mass is 32.1. The number of nitrogens with one attached hydrogen (secondary N) is 1. The average molecular weight is 266 g/mol. The second kappa shape index (κ2) is 6.18. The molecular formula is C15H26N2S. The monoisotopic (exact) mass is 266 g/mol. The summed E-state index contributed by atoms with van der Waals surface area (Å²) < 4.78 is 0. The SMILES string of the molecule is CC(C)NCC1CCC1N(C)C(C)c1cccs1. The molecule has 0 aromatic carbocycles. The van der Waals surface area contributed by atoms with Gasteiger partial charge in [0.25, 0.3) is 0 Å². The number of hydrogen-bond acceptors (Lipinski definition) is 3. The van der Waals surface area contributed by atoms with Gasteiger partial charge in [0.1, 0.15) is 0 Å². The van der Waals surface area contributed by atoms with Gasteiger partial charge in [-0.3, -0.25) is 4.90 Å². The molecule has 18 heavy (non-hydrogen) atoms. The van der Waals surface area contributed by atoms with Gasteiger partial charge in [0.05, 0.1) is 0 Å². The molecule has 0 spiro atoms. The molecule has 1 N–H and O–H groups in total. The van der Waals surface area contributed by atoms with E-state index in [2.05, 4.69) is 55.5 Å². The van der Waals surface area contributed by atoms with Crippen molar-refractivity contribution < 1.29 is 0 Å². The average Bonchev–Trinajstić information content (AvgIpc) is 2.79. The summed E-state index contributed by atoms with van der Waals surface area (Å²) >= 11 is 1.87. The smallest absolute Gasteiger partial charge is 0.0413 e. The van der Waals surface area contributed by atoms with E-state index in [0.717, 1.165) is 12.0 Å². The Kier molecular flexibility index (Phi) is 4.82. The van der Waals surface area contributed by atoms with Gasteiger partial charge >= 0.3 is 0 Å². The van der Waals surface area contributed by atoms with Gasteiger partial charge in [0.2, 0.25) is 0 Å². The van der Waals surface area contributed by atoms with Crippen LogP contribution in [0.4, 0.5) is 0 Å². The van der Waals surface area contributed by atoms with E-state index in [4.69, 9.17) is 0 Å². The van der Waals surface area contributed by atoms with Gasteiger partial charge in [-0.1, -0.05) is 19.9 Å². The molecule has 2 rings (SSSR count). The van der Waals surface area contributed by atoms with Crippen molar-refractivity contribution in [2.24, 2.45) is 5.92 Å². The quantitative estimate of drug-likeness (QED) is 0.847. The third-order valence-corrected chi connectivity index (χ3v) is 5.30. The lowest BCUT2D eigenvalue weighted by molar-refractivity contribution is 0.0550. The van der Waals surface area contributed by atoms with Crippen molar-refractivity contribution in [1.82, 2.24) is 10.2 Å². The molecule has 0 saturated heterocycles. The van der Waals surface area contributed by atoms with Crippen LogP contribution in [0.1, 0.15) is 44.5 Å². The molecule has 1 aliphatic rings. The fourth-order valence-corrected chi connectivity index (χ4v) is 3.56. The zero-order valence-electron chi connectivity index (χ0n) is 12.0. The van der Waals surface area contributed by atoms with Gasteiger partial charge in [-0.2, -0.15) is 0 Å². The third-order valence-electron chi connectivity index (χ3n) is 4.25. The van der Waals surface area contributed by atoms with Crippen molar-refractivity contribution in [2.75, 3.05) is 13.6 Å². The van der Waals surface area contributed by atoms with Crippen LogP contribution in [0.5, 0.6) is 0 Å². The molecule has 1 aromatic rings. The summed E-state index contributed by atoms with van der Waals surface area (Å²) in [5.74, 6) is 0.833. The Balaban J connectivity index is 1.87. The second-order valence-corrected chi connectivity index (χ2v) is 6.80. The minimum Gasteiger partial charge on any atom is -0.314 e. The predicted molar refractivity (Wildman–Crippen MR) is 80.1 cm³/mol. The first-order valence-corrected chi connectivity index (χ1v) is 7.96. The standard InChI is InChI=1S/C15H26N2S/c1-11(2)16-10-13-7-8-14(13)17(4)12(3)15-6-5-9-18-15/h5-6,9,11-14,16H,7-8,10H2,1-4H3. The van der Waals surface area contributed by atoms with E-state index in [1.807, 2.05) is 11.3 Å². The summed E-state index contributed by atoms with van der Waals surface area (Å²) in [6.07, 6.45) is 2.74. The van der Waals surface area contributed by atoms with E-state index >= 15 is 0 Å². The first-order chi connectivity index (χ1) is 8.59. The van der Waals surface area contributed by atoms with Crippen molar-refractivity contribution in [2.45, 2.75) is 51.7 Å². The van der Waals surface area contributed by atoms with E-state index in [1.54, 1.807) is 0 Å². The Bertz CT molecular complexity index is 347. The summed E-state index contributed by atoms with van der Waals surface area (Å²) in [6, 6.07) is 6.32. The molecule has 0 bridgehead atoms. The van der Waals surface area contributed by atoms with Crippen LogP contribution in [0.3, 0.4) is 0 Å². The summed E-state index contributed by atoms with van der Waals surface area (Å²) in [5, 5.41) is 5.76. The largest absolute Gasteiger partial charge is 0.314 e. The molecule has 0 amide bonds. The number of hydrogen-bond donors (Lipinski definition) is 1. The molecule has 3 unspecified atom stereocenters. The van der Waals surface area contributed by atoms with Crippen LogP contribution >= 0.6 is 11.3 Å². The first kappa shape index (κ1) is 14.0. The maximum atomic E-state index is 3.58. The van der Waals surface area contributed by atoms with E-state index < -0.39 is 0 Å². The lowest BCUT2D eigenvalue weighted by atomic mass is 9.78. The Labute approximate surface area is 115 Å². The van der Waals surface area contributed by atoms with Crippen molar-refractivity contribution in [3.8, 4) is 0 Å². The van der Waals surface area contributed by atoms with E-state index in [1.165, 1.54) is 24.3 Å². The minimum atomic E-state index is 0.553. The maximum Gasteiger partial charge on any atom is 0.0413 e. The molecule has 3 atom stereocenters.